The Morgan fingerprint density at radius 2 is 2.25 bits per heavy atom. The highest BCUT2D eigenvalue weighted by atomic mass is 16.6. The highest BCUT2D eigenvalue weighted by molar-refractivity contribution is 5.79. The lowest BCUT2D eigenvalue weighted by molar-refractivity contribution is -0.155. The van der Waals surface area contributed by atoms with Crippen LogP contribution in [0.25, 0.3) is 0 Å². The average molecular weight is 171 g/mol. The lowest BCUT2D eigenvalue weighted by Crippen LogP contribution is -2.23. The van der Waals surface area contributed by atoms with Crippen LogP contribution in [0.2, 0.25) is 0 Å². The summed E-state index contributed by atoms with van der Waals surface area (Å²) in [5.74, 6) is -0.260. The van der Waals surface area contributed by atoms with E-state index in [2.05, 4.69) is 9.64 Å². The van der Waals surface area contributed by atoms with E-state index < -0.39 is 5.97 Å². The standard InChI is InChI=1S/C8H13NO3/c1-6-3-9(2)4-7(6)8(11)12-5-10/h5-7H,3-4H2,1-2H3/t6-,7-/m0/s1. The summed E-state index contributed by atoms with van der Waals surface area (Å²) in [5, 5.41) is 0. The van der Waals surface area contributed by atoms with Crippen molar-refractivity contribution in [2.24, 2.45) is 11.8 Å². The molecule has 0 radical (unpaired) electrons. The Labute approximate surface area is 71.5 Å². The molecular weight excluding hydrogens is 158 g/mol. The lowest BCUT2D eigenvalue weighted by atomic mass is 9.99. The van der Waals surface area contributed by atoms with Gasteiger partial charge in [0.15, 0.2) is 0 Å². The number of rotatable bonds is 2. The van der Waals surface area contributed by atoms with Gasteiger partial charge in [-0.3, -0.25) is 9.59 Å². The maximum Gasteiger partial charge on any atom is 0.318 e. The van der Waals surface area contributed by atoms with Crippen molar-refractivity contribution < 1.29 is 14.3 Å². The number of carbonyl (C=O) groups excluding carboxylic acids is 2. The summed E-state index contributed by atoms with van der Waals surface area (Å²) in [7, 11) is 1.95. The van der Waals surface area contributed by atoms with Crippen molar-refractivity contribution >= 4 is 12.4 Å². The first-order chi connectivity index (χ1) is 5.65. The zero-order chi connectivity index (χ0) is 9.14. The Morgan fingerprint density at radius 3 is 2.67 bits per heavy atom. The third-order valence-corrected chi connectivity index (χ3v) is 2.26. The maximum absolute atomic E-state index is 11.1. The molecule has 0 bridgehead atoms. The third-order valence-electron chi connectivity index (χ3n) is 2.26. The van der Waals surface area contributed by atoms with Gasteiger partial charge < -0.3 is 9.64 Å². The van der Waals surface area contributed by atoms with E-state index in [1.165, 1.54) is 0 Å². The van der Waals surface area contributed by atoms with Gasteiger partial charge in [-0.25, -0.2) is 0 Å². The van der Waals surface area contributed by atoms with Crippen LogP contribution in [0.15, 0.2) is 0 Å². The van der Waals surface area contributed by atoms with Crippen LogP contribution in [0, 0.1) is 11.8 Å². The van der Waals surface area contributed by atoms with Crippen molar-refractivity contribution in [3.05, 3.63) is 0 Å². The number of ether oxygens (including phenoxy) is 1. The number of hydrogen-bond acceptors (Lipinski definition) is 4. The van der Waals surface area contributed by atoms with Crippen molar-refractivity contribution in [3.8, 4) is 0 Å². The summed E-state index contributed by atoms with van der Waals surface area (Å²) in [4.78, 5) is 23.1. The predicted molar refractivity (Wildman–Crippen MR) is 42.3 cm³/mol. The second-order valence-electron chi connectivity index (χ2n) is 3.34. The molecule has 1 rings (SSSR count). The molecule has 1 heterocycles. The maximum atomic E-state index is 11.1. The Morgan fingerprint density at radius 1 is 1.58 bits per heavy atom. The van der Waals surface area contributed by atoms with Gasteiger partial charge in [-0.2, -0.15) is 0 Å². The molecular formula is C8H13NO3. The van der Waals surface area contributed by atoms with E-state index >= 15 is 0 Å². The summed E-state index contributed by atoms with van der Waals surface area (Å²) < 4.78 is 4.30. The normalized spacial score (nSPS) is 30.2. The van der Waals surface area contributed by atoms with E-state index in [4.69, 9.17) is 0 Å². The van der Waals surface area contributed by atoms with Crippen LogP contribution >= 0.6 is 0 Å². The SMILES string of the molecule is C[C@H]1CN(C)C[C@@H]1C(=O)OC=O. The number of nitrogens with zero attached hydrogens (tertiary/aromatic N) is 1. The molecule has 1 saturated heterocycles. The molecule has 0 aliphatic carbocycles. The van der Waals surface area contributed by atoms with Crippen LogP contribution in [-0.4, -0.2) is 37.5 Å². The van der Waals surface area contributed by atoms with Crippen molar-refractivity contribution in [2.45, 2.75) is 6.92 Å². The summed E-state index contributed by atoms with van der Waals surface area (Å²) in [6, 6.07) is 0. The van der Waals surface area contributed by atoms with E-state index in [0.29, 0.717) is 6.54 Å². The molecule has 12 heavy (non-hydrogen) atoms. The Balaban J connectivity index is 2.51. The van der Waals surface area contributed by atoms with Crippen molar-refractivity contribution in [2.75, 3.05) is 20.1 Å². The fraction of sp³-hybridized carbons (Fsp3) is 0.750. The van der Waals surface area contributed by atoms with Gasteiger partial charge in [0, 0.05) is 13.1 Å². The topological polar surface area (TPSA) is 46.6 Å². The van der Waals surface area contributed by atoms with Gasteiger partial charge in [0.25, 0.3) is 0 Å². The fourth-order valence-corrected chi connectivity index (χ4v) is 1.65. The number of hydrogen-bond donors (Lipinski definition) is 0. The lowest BCUT2D eigenvalue weighted by Gasteiger charge is -2.09. The molecule has 0 aromatic heterocycles. The largest absolute Gasteiger partial charge is 0.395 e. The molecule has 2 atom stereocenters. The first kappa shape index (κ1) is 9.19. The third kappa shape index (κ3) is 1.82. The second kappa shape index (κ2) is 3.67. The molecule has 0 spiro atoms. The zero-order valence-corrected chi connectivity index (χ0v) is 7.32. The second-order valence-corrected chi connectivity index (χ2v) is 3.34. The molecule has 1 fully saturated rings. The van der Waals surface area contributed by atoms with E-state index in [0.717, 1.165) is 6.54 Å². The molecule has 0 aromatic carbocycles. The van der Waals surface area contributed by atoms with Gasteiger partial charge in [-0.15, -0.1) is 0 Å². The number of esters is 1. The molecule has 0 aromatic rings. The van der Waals surface area contributed by atoms with E-state index in [-0.39, 0.29) is 18.3 Å². The van der Waals surface area contributed by atoms with Crippen LogP contribution in [0.3, 0.4) is 0 Å². The summed E-state index contributed by atoms with van der Waals surface area (Å²) in [5.41, 5.74) is 0. The average Bonchev–Trinajstić information content (AvgIpc) is 2.30. The van der Waals surface area contributed by atoms with Gasteiger partial charge in [-0.1, -0.05) is 6.92 Å². The Hall–Kier alpha value is -0.900. The quantitative estimate of drug-likeness (QED) is 0.330. The van der Waals surface area contributed by atoms with Crippen molar-refractivity contribution in [1.82, 2.24) is 4.90 Å². The summed E-state index contributed by atoms with van der Waals surface area (Å²) >= 11 is 0. The van der Waals surface area contributed by atoms with Crippen LogP contribution in [0.5, 0.6) is 0 Å². The number of carbonyl (C=O) groups is 2. The van der Waals surface area contributed by atoms with Crippen molar-refractivity contribution in [1.29, 1.82) is 0 Å². The highest BCUT2D eigenvalue weighted by Crippen LogP contribution is 2.22. The molecule has 0 unspecified atom stereocenters. The summed E-state index contributed by atoms with van der Waals surface area (Å²) in [6.45, 7) is 3.76. The zero-order valence-electron chi connectivity index (χ0n) is 7.32. The van der Waals surface area contributed by atoms with Gasteiger partial charge in [-0.05, 0) is 13.0 Å². The minimum Gasteiger partial charge on any atom is -0.395 e. The van der Waals surface area contributed by atoms with Gasteiger partial charge in [0.05, 0.1) is 5.92 Å². The van der Waals surface area contributed by atoms with Crippen LogP contribution in [0.1, 0.15) is 6.92 Å². The van der Waals surface area contributed by atoms with Crippen LogP contribution in [0.4, 0.5) is 0 Å². The van der Waals surface area contributed by atoms with Gasteiger partial charge in [0.1, 0.15) is 0 Å². The predicted octanol–water partition coefficient (Wildman–Crippen LogP) is -0.116. The molecule has 4 nitrogen and oxygen atoms in total. The Bertz CT molecular complexity index is 193. The first-order valence-electron chi connectivity index (χ1n) is 3.98. The smallest absolute Gasteiger partial charge is 0.318 e. The fourth-order valence-electron chi connectivity index (χ4n) is 1.65. The molecule has 1 aliphatic heterocycles. The minimum absolute atomic E-state index is 0.139. The van der Waals surface area contributed by atoms with Crippen LogP contribution < -0.4 is 0 Å². The summed E-state index contributed by atoms with van der Waals surface area (Å²) in [6.07, 6.45) is 0. The molecule has 0 saturated carbocycles. The van der Waals surface area contributed by atoms with Gasteiger partial charge >= 0.3 is 12.4 Å². The van der Waals surface area contributed by atoms with E-state index in [1.54, 1.807) is 0 Å². The van der Waals surface area contributed by atoms with Gasteiger partial charge in [0.2, 0.25) is 0 Å². The molecule has 68 valence electrons. The van der Waals surface area contributed by atoms with Crippen LogP contribution in [-0.2, 0) is 14.3 Å². The molecule has 1 aliphatic rings. The number of likely N-dealkylation sites (tertiary alicyclic amines) is 1. The first-order valence-corrected chi connectivity index (χ1v) is 3.98. The minimum atomic E-state index is -0.401. The molecule has 0 amide bonds. The Kier molecular flexibility index (Phi) is 2.81. The monoisotopic (exact) mass is 171 g/mol. The van der Waals surface area contributed by atoms with E-state index in [9.17, 15) is 9.59 Å². The van der Waals surface area contributed by atoms with E-state index in [1.807, 2.05) is 14.0 Å². The molecule has 0 N–H and O–H groups in total. The highest BCUT2D eigenvalue weighted by Gasteiger charge is 2.34. The molecule has 4 heteroatoms. The van der Waals surface area contributed by atoms with Crippen molar-refractivity contribution in [3.63, 3.8) is 0 Å².